The molecule has 7 nitrogen and oxygen atoms in total. The maximum Gasteiger partial charge on any atom is 0.209 e. The average molecular weight is 510 g/mol. The molecule has 1 saturated heterocycles. The molecule has 3 heterocycles. The molecule has 32 heavy (non-hydrogen) atoms. The van der Waals surface area contributed by atoms with Crippen molar-refractivity contribution >= 4 is 80.2 Å². The molecule has 1 aliphatic carbocycles. The highest BCUT2D eigenvalue weighted by Gasteiger charge is 2.20. The van der Waals surface area contributed by atoms with E-state index in [0.29, 0.717) is 40.2 Å². The molecule has 1 fully saturated rings. The Morgan fingerprint density at radius 2 is 1.97 bits per heavy atom. The molecule has 1 amide bonds. The topological polar surface area (TPSA) is 101 Å². The summed E-state index contributed by atoms with van der Waals surface area (Å²) >= 11 is 12.4. The van der Waals surface area contributed by atoms with Gasteiger partial charge in [0, 0.05) is 50.9 Å². The second-order valence-corrected chi connectivity index (χ2v) is 11.3. The molecule has 1 aliphatic heterocycles. The molecular formula is C21H24ClN5O2S3. The quantitative estimate of drug-likeness (QED) is 0.280. The number of aromatic nitrogens is 2. The van der Waals surface area contributed by atoms with E-state index in [0.717, 1.165) is 41.0 Å². The first-order valence-corrected chi connectivity index (χ1v) is 13.4. The van der Waals surface area contributed by atoms with E-state index >= 15 is 0 Å². The van der Waals surface area contributed by atoms with Crippen LogP contribution >= 0.6 is 35.6 Å². The van der Waals surface area contributed by atoms with Crippen molar-refractivity contribution in [2.75, 3.05) is 35.6 Å². The van der Waals surface area contributed by atoms with Crippen molar-refractivity contribution in [2.45, 2.75) is 30.6 Å². The van der Waals surface area contributed by atoms with Crippen LogP contribution in [-0.4, -0.2) is 50.1 Å². The molecule has 1 aromatic carbocycles. The van der Waals surface area contributed by atoms with Crippen LogP contribution in [0.4, 0.5) is 17.2 Å². The second-order valence-electron chi connectivity index (χ2n) is 7.62. The van der Waals surface area contributed by atoms with Gasteiger partial charge in [0.15, 0.2) is 0 Å². The first-order valence-electron chi connectivity index (χ1n) is 10.3. The Kier molecular flexibility index (Phi) is 7.55. The lowest BCUT2D eigenvalue weighted by Crippen LogP contribution is -2.36. The van der Waals surface area contributed by atoms with Crippen molar-refractivity contribution in [2.24, 2.45) is 0 Å². The van der Waals surface area contributed by atoms with Gasteiger partial charge in [-0.1, -0.05) is 11.6 Å². The number of rotatable bonds is 3. The van der Waals surface area contributed by atoms with Crippen LogP contribution in [0.15, 0.2) is 23.4 Å². The first-order chi connectivity index (χ1) is 15.5. The Hall–Kier alpha value is -1.88. The number of carbonyl (C=O) groups is 1. The summed E-state index contributed by atoms with van der Waals surface area (Å²) in [7, 11) is -0.663. The highest BCUT2D eigenvalue weighted by atomic mass is 35.5. The maximum absolute atomic E-state index is 10.7. The van der Waals surface area contributed by atoms with Crippen molar-refractivity contribution in [1.82, 2.24) is 14.9 Å². The zero-order chi connectivity index (χ0) is 22.7. The summed E-state index contributed by atoms with van der Waals surface area (Å²) in [5.74, 6) is 2.10. The Labute approximate surface area is 203 Å². The number of aryl methyl sites for hydroxylation is 2. The smallest absolute Gasteiger partial charge is 0.209 e. The van der Waals surface area contributed by atoms with Crippen molar-refractivity contribution in [3.8, 4) is 0 Å². The third-order valence-electron chi connectivity index (χ3n) is 5.48. The van der Waals surface area contributed by atoms with Gasteiger partial charge in [-0.3, -0.25) is 9.00 Å². The minimum absolute atomic E-state index is 0.552. The summed E-state index contributed by atoms with van der Waals surface area (Å²) in [6.07, 6.45) is 7.11. The molecule has 0 saturated carbocycles. The van der Waals surface area contributed by atoms with Crippen molar-refractivity contribution < 1.29 is 9.00 Å². The standard InChI is InChI=1S/C16H15ClN4S2.C5H9NO2S/c17-9-5-10(18)12(22)6-11(9)21-15-14-8-3-1-2-4-13(8)23-16(14)20-7-19-15;7-5-6-1-3-9(8)4-2-6/h5-7,22H,1-4,18H2,(H,19,20,21);5H,1-4H2. The van der Waals surface area contributed by atoms with Gasteiger partial charge >= 0.3 is 0 Å². The molecule has 0 unspecified atom stereocenters. The number of nitrogens with two attached hydrogens (primary N) is 1. The lowest BCUT2D eigenvalue weighted by molar-refractivity contribution is -0.117. The molecule has 3 aromatic rings. The highest BCUT2D eigenvalue weighted by Crippen LogP contribution is 2.40. The Bertz CT molecular complexity index is 1160. The first kappa shape index (κ1) is 23.3. The normalized spacial score (nSPS) is 16.2. The van der Waals surface area contributed by atoms with Gasteiger partial charge in [-0.15, -0.1) is 24.0 Å². The Morgan fingerprint density at radius 3 is 2.72 bits per heavy atom. The van der Waals surface area contributed by atoms with Crippen LogP contribution in [0.3, 0.4) is 0 Å². The van der Waals surface area contributed by atoms with Gasteiger partial charge < -0.3 is 16.0 Å². The maximum atomic E-state index is 10.7. The number of carbonyl (C=O) groups excluding carboxylic acids is 1. The van der Waals surface area contributed by atoms with Gasteiger partial charge in [0.2, 0.25) is 6.41 Å². The van der Waals surface area contributed by atoms with E-state index in [9.17, 15) is 9.00 Å². The van der Waals surface area contributed by atoms with Gasteiger partial charge in [-0.2, -0.15) is 0 Å². The summed E-state index contributed by atoms with van der Waals surface area (Å²) in [6.45, 7) is 1.33. The monoisotopic (exact) mass is 509 g/mol. The number of hydrogen-bond donors (Lipinski definition) is 3. The Morgan fingerprint density at radius 1 is 1.22 bits per heavy atom. The minimum Gasteiger partial charge on any atom is -0.398 e. The van der Waals surface area contributed by atoms with Crippen molar-refractivity contribution in [1.29, 1.82) is 0 Å². The fourth-order valence-electron chi connectivity index (χ4n) is 3.74. The molecular weight excluding hydrogens is 486 g/mol. The summed E-state index contributed by atoms with van der Waals surface area (Å²) in [4.78, 5) is 23.8. The fraction of sp³-hybridized carbons (Fsp3) is 0.381. The molecule has 2 aliphatic rings. The molecule has 3 N–H and O–H groups in total. The van der Waals surface area contributed by atoms with E-state index in [-0.39, 0.29) is 0 Å². The van der Waals surface area contributed by atoms with Crippen LogP contribution in [0.1, 0.15) is 23.3 Å². The third-order valence-corrected chi connectivity index (χ3v) is 8.66. The highest BCUT2D eigenvalue weighted by molar-refractivity contribution is 7.85. The van der Waals surface area contributed by atoms with Gasteiger partial charge in [0.05, 0.1) is 16.1 Å². The number of benzene rings is 1. The van der Waals surface area contributed by atoms with Gasteiger partial charge in [0.25, 0.3) is 0 Å². The number of nitrogens with zero attached hydrogens (tertiary/aromatic N) is 3. The number of hydrogen-bond acceptors (Lipinski definition) is 8. The molecule has 11 heteroatoms. The van der Waals surface area contributed by atoms with E-state index in [1.165, 1.54) is 23.3 Å². The van der Waals surface area contributed by atoms with Crippen molar-refractivity contribution in [3.63, 3.8) is 0 Å². The second kappa shape index (κ2) is 10.4. The molecule has 5 rings (SSSR count). The van der Waals surface area contributed by atoms with Crippen molar-refractivity contribution in [3.05, 3.63) is 33.9 Å². The predicted molar refractivity (Wildman–Crippen MR) is 136 cm³/mol. The van der Waals surface area contributed by atoms with E-state index < -0.39 is 10.8 Å². The van der Waals surface area contributed by atoms with E-state index in [1.807, 2.05) is 6.07 Å². The van der Waals surface area contributed by atoms with Crippen LogP contribution in [-0.2, 0) is 28.4 Å². The number of halogens is 1. The van der Waals surface area contributed by atoms with Crippen LogP contribution < -0.4 is 11.1 Å². The summed E-state index contributed by atoms with van der Waals surface area (Å²) in [6, 6.07) is 3.53. The molecule has 0 bridgehead atoms. The lowest BCUT2D eigenvalue weighted by atomic mass is 9.97. The molecule has 170 valence electrons. The van der Waals surface area contributed by atoms with E-state index in [1.54, 1.807) is 28.6 Å². The number of thiophene rings is 1. The largest absolute Gasteiger partial charge is 0.398 e. The van der Waals surface area contributed by atoms with Gasteiger partial charge in [-0.05, 0) is 43.4 Å². The number of nitrogen functional groups attached to an aromatic ring is 1. The molecule has 0 spiro atoms. The Balaban J connectivity index is 0.000000230. The van der Waals surface area contributed by atoms with Crippen LogP contribution in [0.5, 0.6) is 0 Å². The molecule has 0 atom stereocenters. The van der Waals surface area contributed by atoms with Crippen LogP contribution in [0, 0.1) is 0 Å². The summed E-state index contributed by atoms with van der Waals surface area (Å²) < 4.78 is 10.7. The SMILES string of the molecule is Nc1cc(Cl)c(Nc2ncnc3sc4c(c23)CCCC4)cc1S.O=CN1CCS(=O)CC1. The van der Waals surface area contributed by atoms with Crippen LogP contribution in [0.25, 0.3) is 10.2 Å². The molecule has 0 radical (unpaired) electrons. The number of amides is 1. The average Bonchev–Trinajstić information content (AvgIpc) is 3.18. The van der Waals surface area contributed by atoms with Gasteiger partial charge in [0.1, 0.15) is 17.0 Å². The fourth-order valence-corrected chi connectivity index (χ4v) is 6.47. The van der Waals surface area contributed by atoms with E-state index in [4.69, 9.17) is 17.3 Å². The zero-order valence-corrected chi connectivity index (χ0v) is 20.6. The lowest BCUT2D eigenvalue weighted by Gasteiger charge is -2.21. The molecule has 2 aromatic heterocycles. The summed E-state index contributed by atoms with van der Waals surface area (Å²) in [5.41, 5.74) is 8.53. The third kappa shape index (κ3) is 5.19. The number of fused-ring (bicyclic) bond motifs is 3. The number of nitrogens with one attached hydrogen (secondary N) is 1. The minimum atomic E-state index is -0.663. The van der Waals surface area contributed by atoms with Gasteiger partial charge in [-0.25, -0.2) is 9.97 Å². The summed E-state index contributed by atoms with van der Waals surface area (Å²) in [5, 5.41) is 5.02. The predicted octanol–water partition coefficient (Wildman–Crippen LogP) is 4.05. The number of thiol groups is 1. The van der Waals surface area contributed by atoms with Crippen LogP contribution in [0.2, 0.25) is 5.02 Å². The number of anilines is 3. The zero-order valence-electron chi connectivity index (χ0n) is 17.3. The van der Waals surface area contributed by atoms with E-state index in [2.05, 4.69) is 27.9 Å².